The van der Waals surface area contributed by atoms with Gasteiger partial charge in [-0.2, -0.15) is 5.10 Å². The van der Waals surface area contributed by atoms with Crippen LogP contribution in [0.4, 0.5) is 0 Å². The number of hydrogen-bond donors (Lipinski definition) is 0. The van der Waals surface area contributed by atoms with Crippen LogP contribution < -0.4 is 0 Å². The topological polar surface area (TPSA) is 17.8 Å². The number of halogens is 1. The Bertz CT molecular complexity index is 353. The summed E-state index contributed by atoms with van der Waals surface area (Å²) in [6.45, 7) is 12.0. The first-order valence-corrected chi connectivity index (χ1v) is 7.55. The Labute approximate surface area is 111 Å². The van der Waals surface area contributed by atoms with Gasteiger partial charge < -0.3 is 0 Å². The minimum Gasteiger partial charge on any atom is -0.268 e. The van der Waals surface area contributed by atoms with Gasteiger partial charge in [-0.1, -0.05) is 27.7 Å². The average molecular weight is 305 g/mol. The second-order valence-corrected chi connectivity index (χ2v) is 7.37. The number of hydrogen-bond acceptors (Lipinski definition) is 2. The molecule has 0 saturated carbocycles. The molecule has 0 aromatic carbocycles. The molecule has 0 aliphatic rings. The van der Waals surface area contributed by atoms with E-state index in [1.165, 1.54) is 15.9 Å². The number of thioether (sulfide) groups is 1. The van der Waals surface area contributed by atoms with Crippen LogP contribution in [-0.2, 0) is 18.7 Å². The van der Waals surface area contributed by atoms with E-state index in [1.807, 2.05) is 11.8 Å². The fourth-order valence-electron chi connectivity index (χ4n) is 1.44. The largest absolute Gasteiger partial charge is 0.268 e. The van der Waals surface area contributed by atoms with Gasteiger partial charge in [-0.3, -0.25) is 4.68 Å². The number of aryl methyl sites for hydroxylation is 2. The first-order chi connectivity index (χ1) is 7.39. The maximum atomic E-state index is 4.60. The SMILES string of the molecule is CCc1nn(CC)c(CSC(C)(C)C)c1Br. The van der Waals surface area contributed by atoms with Crippen molar-refractivity contribution in [1.82, 2.24) is 9.78 Å². The van der Waals surface area contributed by atoms with Gasteiger partial charge in [0.25, 0.3) is 0 Å². The molecule has 1 aromatic heterocycles. The Morgan fingerprint density at radius 1 is 1.31 bits per heavy atom. The quantitative estimate of drug-likeness (QED) is 0.827. The predicted molar refractivity (Wildman–Crippen MR) is 76.0 cm³/mol. The second kappa shape index (κ2) is 5.58. The summed E-state index contributed by atoms with van der Waals surface area (Å²) < 4.78 is 3.62. The highest BCUT2D eigenvalue weighted by Gasteiger charge is 2.17. The molecule has 0 atom stereocenters. The molecule has 1 heterocycles. The highest BCUT2D eigenvalue weighted by atomic mass is 79.9. The van der Waals surface area contributed by atoms with Gasteiger partial charge in [0, 0.05) is 17.0 Å². The van der Waals surface area contributed by atoms with Crippen LogP contribution >= 0.6 is 27.7 Å². The van der Waals surface area contributed by atoms with Crippen LogP contribution in [0.3, 0.4) is 0 Å². The lowest BCUT2D eigenvalue weighted by atomic mass is 10.3. The Morgan fingerprint density at radius 3 is 2.38 bits per heavy atom. The molecule has 0 saturated heterocycles. The molecule has 0 spiro atoms. The normalized spacial score (nSPS) is 12.1. The summed E-state index contributed by atoms with van der Waals surface area (Å²) in [6, 6.07) is 0. The Morgan fingerprint density at radius 2 is 1.94 bits per heavy atom. The Kier molecular flexibility index (Phi) is 4.92. The molecule has 0 N–H and O–H groups in total. The van der Waals surface area contributed by atoms with E-state index in [9.17, 15) is 0 Å². The molecule has 0 unspecified atom stereocenters. The summed E-state index contributed by atoms with van der Waals surface area (Å²) in [6.07, 6.45) is 0.987. The molecule has 1 aromatic rings. The van der Waals surface area contributed by atoms with Crippen LogP contribution in [0.2, 0.25) is 0 Å². The summed E-state index contributed by atoms with van der Waals surface area (Å²) in [5.74, 6) is 1.02. The van der Waals surface area contributed by atoms with Gasteiger partial charge in [0.1, 0.15) is 0 Å². The first-order valence-electron chi connectivity index (χ1n) is 5.77. The van der Waals surface area contributed by atoms with Crippen LogP contribution in [0.1, 0.15) is 46.0 Å². The van der Waals surface area contributed by atoms with E-state index in [4.69, 9.17) is 0 Å². The fraction of sp³-hybridized carbons (Fsp3) is 0.750. The summed E-state index contributed by atoms with van der Waals surface area (Å²) in [4.78, 5) is 0. The van der Waals surface area contributed by atoms with Gasteiger partial charge in [0.2, 0.25) is 0 Å². The van der Waals surface area contributed by atoms with Crippen LogP contribution in [0.15, 0.2) is 4.47 Å². The van der Waals surface area contributed by atoms with E-state index in [-0.39, 0.29) is 0 Å². The molecule has 0 aliphatic carbocycles. The molecule has 0 radical (unpaired) electrons. The summed E-state index contributed by atoms with van der Waals surface area (Å²) in [7, 11) is 0. The van der Waals surface area contributed by atoms with Crippen LogP contribution in [0.5, 0.6) is 0 Å². The zero-order valence-electron chi connectivity index (χ0n) is 10.8. The van der Waals surface area contributed by atoms with Gasteiger partial charge in [0.15, 0.2) is 0 Å². The molecule has 0 aliphatic heterocycles. The van der Waals surface area contributed by atoms with E-state index in [2.05, 4.69) is 60.3 Å². The molecule has 4 heteroatoms. The molecule has 0 bridgehead atoms. The van der Waals surface area contributed by atoms with Gasteiger partial charge in [-0.15, -0.1) is 11.8 Å². The van der Waals surface area contributed by atoms with Crippen molar-refractivity contribution in [2.24, 2.45) is 0 Å². The van der Waals surface area contributed by atoms with Crippen molar-refractivity contribution in [2.45, 2.75) is 58.1 Å². The molecule has 0 fully saturated rings. The third-order valence-electron chi connectivity index (χ3n) is 2.34. The zero-order chi connectivity index (χ0) is 12.3. The van der Waals surface area contributed by atoms with Crippen molar-refractivity contribution in [3.05, 3.63) is 15.9 Å². The number of rotatable bonds is 4. The van der Waals surface area contributed by atoms with Gasteiger partial charge in [-0.25, -0.2) is 0 Å². The molecule has 1 rings (SSSR count). The highest BCUT2D eigenvalue weighted by molar-refractivity contribution is 9.10. The molecule has 2 nitrogen and oxygen atoms in total. The van der Waals surface area contributed by atoms with E-state index in [0.29, 0.717) is 4.75 Å². The highest BCUT2D eigenvalue weighted by Crippen LogP contribution is 2.31. The molecule has 16 heavy (non-hydrogen) atoms. The van der Waals surface area contributed by atoms with Crippen molar-refractivity contribution in [2.75, 3.05) is 0 Å². The number of nitrogens with zero attached hydrogens (tertiary/aromatic N) is 2. The lowest BCUT2D eigenvalue weighted by Gasteiger charge is -2.17. The van der Waals surface area contributed by atoms with E-state index in [0.717, 1.165) is 18.7 Å². The van der Waals surface area contributed by atoms with Gasteiger partial charge in [0.05, 0.1) is 15.9 Å². The van der Waals surface area contributed by atoms with Crippen LogP contribution in [-0.4, -0.2) is 14.5 Å². The first kappa shape index (κ1) is 14.1. The second-order valence-electron chi connectivity index (χ2n) is 4.78. The molecule has 0 amide bonds. The van der Waals surface area contributed by atoms with Gasteiger partial charge in [-0.05, 0) is 29.3 Å². The van der Waals surface area contributed by atoms with Gasteiger partial charge >= 0.3 is 0 Å². The lowest BCUT2D eigenvalue weighted by Crippen LogP contribution is -2.10. The number of aromatic nitrogens is 2. The van der Waals surface area contributed by atoms with Crippen molar-refractivity contribution in [1.29, 1.82) is 0 Å². The average Bonchev–Trinajstić information content (AvgIpc) is 2.50. The van der Waals surface area contributed by atoms with E-state index < -0.39 is 0 Å². The third kappa shape index (κ3) is 3.52. The Balaban J connectivity index is 2.89. The third-order valence-corrected chi connectivity index (χ3v) is 4.54. The monoisotopic (exact) mass is 304 g/mol. The lowest BCUT2D eigenvalue weighted by molar-refractivity contribution is 0.627. The fourth-order valence-corrected chi connectivity index (χ4v) is 3.19. The van der Waals surface area contributed by atoms with Crippen LogP contribution in [0, 0.1) is 0 Å². The summed E-state index contributed by atoms with van der Waals surface area (Å²) in [5.41, 5.74) is 2.49. The molecular formula is C12H21BrN2S. The molecule has 92 valence electrons. The summed E-state index contributed by atoms with van der Waals surface area (Å²) in [5, 5.41) is 4.60. The predicted octanol–water partition coefficient (Wildman–Crippen LogP) is 4.26. The van der Waals surface area contributed by atoms with Crippen molar-refractivity contribution < 1.29 is 0 Å². The van der Waals surface area contributed by atoms with Crippen LogP contribution in [0.25, 0.3) is 0 Å². The maximum absolute atomic E-state index is 4.60. The van der Waals surface area contributed by atoms with Crippen molar-refractivity contribution >= 4 is 27.7 Å². The van der Waals surface area contributed by atoms with Crippen molar-refractivity contribution in [3.63, 3.8) is 0 Å². The molecular weight excluding hydrogens is 284 g/mol. The maximum Gasteiger partial charge on any atom is 0.0767 e. The van der Waals surface area contributed by atoms with E-state index >= 15 is 0 Å². The van der Waals surface area contributed by atoms with E-state index in [1.54, 1.807) is 0 Å². The Hall–Kier alpha value is 0.0400. The standard InChI is InChI=1S/C12H21BrN2S/c1-6-9-11(13)10(15(7-2)14-9)8-16-12(3,4)5/h6-8H2,1-5H3. The minimum atomic E-state index is 0.300. The van der Waals surface area contributed by atoms with Crippen molar-refractivity contribution in [3.8, 4) is 0 Å². The zero-order valence-corrected chi connectivity index (χ0v) is 13.2. The smallest absolute Gasteiger partial charge is 0.0767 e. The summed E-state index contributed by atoms with van der Waals surface area (Å²) >= 11 is 5.64. The minimum absolute atomic E-state index is 0.300.